The van der Waals surface area contributed by atoms with Crippen molar-refractivity contribution in [3.05, 3.63) is 0 Å². The second-order valence-electron chi connectivity index (χ2n) is 2.79. The molecule has 73 valence electrons. The lowest BCUT2D eigenvalue weighted by Gasteiger charge is -2.18. The van der Waals surface area contributed by atoms with Crippen LogP contribution >= 0.6 is 0 Å². The van der Waals surface area contributed by atoms with Crippen molar-refractivity contribution >= 4 is 0 Å². The molecule has 0 rings (SSSR count). The first kappa shape index (κ1) is 11.9. The molecule has 0 saturated carbocycles. The summed E-state index contributed by atoms with van der Waals surface area (Å²) in [6, 6.07) is 0. The summed E-state index contributed by atoms with van der Waals surface area (Å²) in [6.45, 7) is 6.22. The van der Waals surface area contributed by atoms with Crippen LogP contribution in [0.15, 0.2) is 0 Å². The van der Waals surface area contributed by atoms with Crippen LogP contribution in [0.4, 0.5) is 0 Å². The third kappa shape index (κ3) is 6.58. The minimum atomic E-state index is -0.988. The Kier molecular flexibility index (Phi) is 7.45. The molecule has 0 fully saturated rings. The number of hydrogen-bond acceptors (Lipinski definition) is 2. The first-order valence-electron chi connectivity index (χ1n) is 4.63. The lowest BCUT2D eigenvalue weighted by Crippen LogP contribution is -2.22. The highest BCUT2D eigenvalue weighted by Gasteiger charge is 2.10. The summed E-state index contributed by atoms with van der Waals surface area (Å²) < 4.78 is 10.3. The van der Waals surface area contributed by atoms with Crippen molar-refractivity contribution in [3.8, 4) is 0 Å². The smallest absolute Gasteiger partial charge is 0.191 e. The van der Waals surface area contributed by atoms with Crippen LogP contribution in [0.2, 0.25) is 0 Å². The molecule has 2 unspecified atom stereocenters. The molecule has 0 bridgehead atoms. The van der Waals surface area contributed by atoms with Crippen molar-refractivity contribution < 1.29 is 14.6 Å². The summed E-state index contributed by atoms with van der Waals surface area (Å²) in [6.07, 6.45) is 1.44. The average Bonchev–Trinajstić information content (AvgIpc) is 2.00. The maximum atomic E-state index is 10.7. The zero-order chi connectivity index (χ0) is 9.40. The molecule has 0 aliphatic rings. The second kappa shape index (κ2) is 7.53. The molecule has 0 amide bonds. The maximum Gasteiger partial charge on any atom is 0.191 e. The average molecular weight is 175 g/mol. The van der Waals surface area contributed by atoms with Gasteiger partial charge in [-0.2, -0.15) is 0 Å². The molecule has 0 saturated heterocycles. The van der Waals surface area contributed by atoms with E-state index in [1.54, 1.807) is 0 Å². The standard InChI is InChI=1S/C9H19O3/c1-4-6-9(11-7-5-2)12-8(3)10/h8-9H,4-7H2,1-3H3. The Morgan fingerprint density at radius 2 is 1.92 bits per heavy atom. The Bertz CT molecular complexity index is 93.8. The van der Waals surface area contributed by atoms with Gasteiger partial charge in [0.25, 0.3) is 0 Å². The number of rotatable bonds is 7. The lowest BCUT2D eigenvalue weighted by molar-refractivity contribution is -0.241. The fourth-order valence-electron chi connectivity index (χ4n) is 0.889. The Morgan fingerprint density at radius 3 is 2.33 bits per heavy atom. The van der Waals surface area contributed by atoms with Crippen molar-refractivity contribution in [1.82, 2.24) is 0 Å². The van der Waals surface area contributed by atoms with E-state index in [1.807, 2.05) is 13.8 Å². The zero-order valence-corrected chi connectivity index (χ0v) is 8.21. The molecular weight excluding hydrogens is 156 g/mol. The summed E-state index contributed by atoms with van der Waals surface area (Å²) in [5.74, 6) is 0. The SMILES string of the molecule is CCCOC(CCC)OC(C)[O]. The fourth-order valence-corrected chi connectivity index (χ4v) is 0.889. The van der Waals surface area contributed by atoms with Crippen LogP contribution < -0.4 is 0 Å². The largest absolute Gasteiger partial charge is 0.353 e. The van der Waals surface area contributed by atoms with E-state index in [2.05, 4.69) is 0 Å². The predicted molar refractivity (Wildman–Crippen MR) is 46.2 cm³/mol. The minimum Gasteiger partial charge on any atom is -0.353 e. The third-order valence-corrected chi connectivity index (χ3v) is 1.38. The maximum absolute atomic E-state index is 10.7. The fraction of sp³-hybridized carbons (Fsp3) is 1.00. The molecule has 0 aliphatic heterocycles. The van der Waals surface area contributed by atoms with E-state index in [0.717, 1.165) is 19.3 Å². The Morgan fingerprint density at radius 1 is 1.25 bits per heavy atom. The number of hydrogen-bond donors (Lipinski definition) is 0. The van der Waals surface area contributed by atoms with Gasteiger partial charge in [-0.15, -0.1) is 0 Å². The molecule has 12 heavy (non-hydrogen) atoms. The van der Waals surface area contributed by atoms with Crippen LogP contribution in [0.5, 0.6) is 0 Å². The van der Waals surface area contributed by atoms with Crippen LogP contribution in [-0.4, -0.2) is 19.2 Å². The lowest BCUT2D eigenvalue weighted by atomic mass is 10.3. The van der Waals surface area contributed by atoms with Crippen molar-refractivity contribution in [2.24, 2.45) is 0 Å². The van der Waals surface area contributed by atoms with Gasteiger partial charge in [0.1, 0.15) is 0 Å². The van der Waals surface area contributed by atoms with Crippen molar-refractivity contribution in [2.45, 2.75) is 52.6 Å². The van der Waals surface area contributed by atoms with Gasteiger partial charge < -0.3 is 9.47 Å². The molecule has 0 aromatic heterocycles. The molecule has 3 nitrogen and oxygen atoms in total. The summed E-state index contributed by atoms with van der Waals surface area (Å²) in [4.78, 5) is 0. The highest BCUT2D eigenvalue weighted by Crippen LogP contribution is 2.06. The Balaban J connectivity index is 3.54. The van der Waals surface area contributed by atoms with Crippen LogP contribution in [-0.2, 0) is 14.6 Å². The zero-order valence-electron chi connectivity index (χ0n) is 8.21. The van der Waals surface area contributed by atoms with Crippen molar-refractivity contribution in [3.63, 3.8) is 0 Å². The van der Waals surface area contributed by atoms with E-state index >= 15 is 0 Å². The summed E-state index contributed by atoms with van der Waals surface area (Å²) in [7, 11) is 0. The molecule has 2 atom stereocenters. The van der Waals surface area contributed by atoms with Gasteiger partial charge in [-0.1, -0.05) is 20.3 Å². The van der Waals surface area contributed by atoms with Gasteiger partial charge in [0.05, 0.1) is 0 Å². The Hall–Kier alpha value is -0.120. The topological polar surface area (TPSA) is 38.4 Å². The van der Waals surface area contributed by atoms with Crippen LogP contribution in [0.1, 0.15) is 40.0 Å². The predicted octanol–water partition coefficient (Wildman–Crippen LogP) is 2.33. The van der Waals surface area contributed by atoms with Gasteiger partial charge in [0.15, 0.2) is 12.6 Å². The van der Waals surface area contributed by atoms with Gasteiger partial charge in [0, 0.05) is 6.61 Å². The van der Waals surface area contributed by atoms with Crippen LogP contribution in [0.25, 0.3) is 0 Å². The molecule has 0 heterocycles. The first-order chi connectivity index (χ1) is 5.70. The Labute approximate surface area is 74.7 Å². The summed E-state index contributed by atoms with van der Waals surface area (Å²) >= 11 is 0. The van der Waals surface area contributed by atoms with E-state index < -0.39 is 6.29 Å². The van der Waals surface area contributed by atoms with Crippen LogP contribution in [0, 0.1) is 0 Å². The molecule has 0 aromatic rings. The van der Waals surface area contributed by atoms with Gasteiger partial charge in [-0.3, -0.25) is 0 Å². The minimum absolute atomic E-state index is 0.303. The van der Waals surface area contributed by atoms with Gasteiger partial charge in [-0.05, 0) is 19.8 Å². The van der Waals surface area contributed by atoms with Gasteiger partial charge >= 0.3 is 0 Å². The van der Waals surface area contributed by atoms with Gasteiger partial charge in [0.2, 0.25) is 0 Å². The number of ether oxygens (including phenoxy) is 2. The summed E-state index contributed by atoms with van der Waals surface area (Å²) in [5.41, 5.74) is 0. The van der Waals surface area contributed by atoms with E-state index in [-0.39, 0.29) is 6.29 Å². The highest BCUT2D eigenvalue weighted by molar-refractivity contribution is 4.44. The summed E-state index contributed by atoms with van der Waals surface area (Å²) in [5, 5.41) is 10.7. The molecule has 3 heteroatoms. The highest BCUT2D eigenvalue weighted by atomic mass is 16.7. The molecular formula is C9H19O3. The van der Waals surface area contributed by atoms with E-state index in [0.29, 0.717) is 6.61 Å². The monoisotopic (exact) mass is 175 g/mol. The third-order valence-electron chi connectivity index (χ3n) is 1.38. The second-order valence-corrected chi connectivity index (χ2v) is 2.79. The van der Waals surface area contributed by atoms with Crippen LogP contribution in [0.3, 0.4) is 0 Å². The molecule has 1 radical (unpaired) electrons. The van der Waals surface area contributed by atoms with Crippen molar-refractivity contribution in [2.75, 3.05) is 6.61 Å². The molecule has 0 aliphatic carbocycles. The van der Waals surface area contributed by atoms with E-state index in [9.17, 15) is 5.11 Å². The first-order valence-corrected chi connectivity index (χ1v) is 4.63. The van der Waals surface area contributed by atoms with E-state index in [4.69, 9.17) is 9.47 Å². The van der Waals surface area contributed by atoms with E-state index in [1.165, 1.54) is 6.92 Å². The molecule has 0 N–H and O–H groups in total. The normalized spacial score (nSPS) is 16.0. The quantitative estimate of drug-likeness (QED) is 0.557. The van der Waals surface area contributed by atoms with Crippen molar-refractivity contribution in [1.29, 1.82) is 0 Å². The molecule has 0 aromatic carbocycles. The van der Waals surface area contributed by atoms with Gasteiger partial charge in [-0.25, -0.2) is 5.11 Å². The molecule has 0 spiro atoms.